The molecule has 2 aliphatic heterocycles. The highest BCUT2D eigenvalue weighted by molar-refractivity contribution is 5.00. The Balaban J connectivity index is 1.57. The molecule has 1 aliphatic carbocycles. The Labute approximate surface area is 93.0 Å². The van der Waals surface area contributed by atoms with Crippen LogP contribution in [0.1, 0.15) is 39.5 Å². The molecule has 3 rings (SSSR count). The van der Waals surface area contributed by atoms with Gasteiger partial charge in [-0.05, 0) is 37.0 Å². The maximum absolute atomic E-state index is 5.66. The van der Waals surface area contributed by atoms with Gasteiger partial charge in [-0.2, -0.15) is 0 Å². The Morgan fingerprint density at radius 3 is 2.67 bits per heavy atom. The highest BCUT2D eigenvalue weighted by atomic mass is 16.5. The van der Waals surface area contributed by atoms with Crippen LogP contribution in [-0.4, -0.2) is 36.7 Å². The lowest BCUT2D eigenvalue weighted by molar-refractivity contribution is 0.0206. The number of hydrogen-bond donors (Lipinski definition) is 0. The molecule has 0 unspecified atom stereocenters. The van der Waals surface area contributed by atoms with E-state index in [1.165, 1.54) is 38.8 Å². The van der Waals surface area contributed by atoms with Gasteiger partial charge in [-0.25, -0.2) is 0 Å². The third kappa shape index (κ3) is 1.94. The number of fused-ring (bicyclic) bond motifs is 2. The Kier molecular flexibility index (Phi) is 2.33. The molecule has 0 aromatic rings. The molecule has 2 nitrogen and oxygen atoms in total. The topological polar surface area (TPSA) is 12.5 Å². The molecule has 15 heavy (non-hydrogen) atoms. The average Bonchev–Trinajstić information content (AvgIpc) is 2.61. The number of hydrogen-bond acceptors (Lipinski definition) is 2. The van der Waals surface area contributed by atoms with Gasteiger partial charge in [0.15, 0.2) is 0 Å². The van der Waals surface area contributed by atoms with Gasteiger partial charge in [-0.1, -0.05) is 13.8 Å². The van der Waals surface area contributed by atoms with Crippen LogP contribution < -0.4 is 0 Å². The van der Waals surface area contributed by atoms with Crippen LogP contribution in [0.15, 0.2) is 0 Å². The summed E-state index contributed by atoms with van der Waals surface area (Å²) in [4.78, 5) is 2.71. The second-order valence-corrected chi connectivity index (χ2v) is 6.37. The Morgan fingerprint density at radius 2 is 2.20 bits per heavy atom. The summed E-state index contributed by atoms with van der Waals surface area (Å²) >= 11 is 0. The first-order valence-electron chi connectivity index (χ1n) is 6.53. The number of rotatable bonds is 4. The Bertz CT molecular complexity index is 247. The lowest BCUT2D eigenvalue weighted by Gasteiger charge is -2.31. The summed E-state index contributed by atoms with van der Waals surface area (Å²) in [6.45, 7) is 8.29. The van der Waals surface area contributed by atoms with Gasteiger partial charge in [-0.15, -0.1) is 0 Å². The predicted octanol–water partition coefficient (Wildman–Crippen LogP) is 2.29. The molecule has 3 aliphatic rings. The predicted molar refractivity (Wildman–Crippen MR) is 60.8 cm³/mol. The lowest BCUT2D eigenvalue weighted by Crippen LogP contribution is -2.40. The number of morpholine rings is 1. The van der Waals surface area contributed by atoms with Crippen LogP contribution in [0.2, 0.25) is 0 Å². The van der Waals surface area contributed by atoms with E-state index in [1.54, 1.807) is 0 Å². The summed E-state index contributed by atoms with van der Waals surface area (Å²) in [5, 5.41) is 0. The summed E-state index contributed by atoms with van der Waals surface area (Å²) in [5.74, 6) is 0.864. The molecule has 86 valence electrons. The molecule has 2 heterocycles. The molecule has 2 bridgehead atoms. The van der Waals surface area contributed by atoms with E-state index in [4.69, 9.17) is 4.74 Å². The monoisotopic (exact) mass is 209 g/mol. The van der Waals surface area contributed by atoms with Gasteiger partial charge in [0, 0.05) is 19.1 Å². The molecule has 0 aromatic heterocycles. The van der Waals surface area contributed by atoms with Crippen molar-refractivity contribution in [2.45, 2.75) is 51.7 Å². The quantitative estimate of drug-likeness (QED) is 0.704. The average molecular weight is 209 g/mol. The zero-order chi connectivity index (χ0) is 10.5. The van der Waals surface area contributed by atoms with Gasteiger partial charge in [0.1, 0.15) is 0 Å². The van der Waals surface area contributed by atoms with Crippen molar-refractivity contribution in [2.24, 2.45) is 11.3 Å². The maximum Gasteiger partial charge on any atom is 0.0718 e. The van der Waals surface area contributed by atoms with Crippen LogP contribution in [0.25, 0.3) is 0 Å². The maximum atomic E-state index is 5.66. The van der Waals surface area contributed by atoms with Crippen molar-refractivity contribution in [3.05, 3.63) is 0 Å². The first kappa shape index (κ1) is 10.1. The Morgan fingerprint density at radius 1 is 1.40 bits per heavy atom. The highest BCUT2D eigenvalue weighted by Crippen LogP contribution is 2.52. The standard InChI is InChI=1S/C13H23NO/c1-10(2)6-13(3-4-13)9-14-7-12-5-11(14)8-15-12/h10-12H,3-9H2,1-2H3/t11-,12-/m0/s1. The summed E-state index contributed by atoms with van der Waals surface area (Å²) in [6.07, 6.45) is 6.25. The number of likely N-dealkylation sites (tertiary alicyclic amines) is 1. The minimum absolute atomic E-state index is 0.574. The van der Waals surface area contributed by atoms with Gasteiger partial charge in [-0.3, -0.25) is 4.90 Å². The minimum atomic E-state index is 0.574. The second-order valence-electron chi connectivity index (χ2n) is 6.37. The van der Waals surface area contributed by atoms with Crippen molar-refractivity contribution in [2.75, 3.05) is 19.7 Å². The normalized spacial score (nSPS) is 37.8. The summed E-state index contributed by atoms with van der Waals surface area (Å²) in [6, 6.07) is 0.764. The van der Waals surface area contributed by atoms with Crippen molar-refractivity contribution in [3.8, 4) is 0 Å². The molecule has 0 amide bonds. The molecule has 2 atom stereocenters. The van der Waals surface area contributed by atoms with E-state index < -0.39 is 0 Å². The molecule has 3 fully saturated rings. The fourth-order valence-electron chi connectivity index (χ4n) is 3.57. The van der Waals surface area contributed by atoms with E-state index in [2.05, 4.69) is 18.7 Å². The van der Waals surface area contributed by atoms with E-state index in [0.29, 0.717) is 11.5 Å². The highest BCUT2D eigenvalue weighted by Gasteiger charge is 2.48. The van der Waals surface area contributed by atoms with E-state index in [1.807, 2.05) is 0 Å². The smallest absolute Gasteiger partial charge is 0.0718 e. The fourth-order valence-corrected chi connectivity index (χ4v) is 3.57. The number of ether oxygens (including phenoxy) is 1. The van der Waals surface area contributed by atoms with Crippen LogP contribution in [-0.2, 0) is 4.74 Å². The van der Waals surface area contributed by atoms with E-state index in [-0.39, 0.29) is 0 Å². The van der Waals surface area contributed by atoms with Crippen molar-refractivity contribution in [3.63, 3.8) is 0 Å². The molecule has 2 saturated heterocycles. The van der Waals surface area contributed by atoms with Gasteiger partial charge in [0.05, 0.1) is 12.7 Å². The third-order valence-corrected chi connectivity index (χ3v) is 4.35. The minimum Gasteiger partial charge on any atom is -0.375 e. The van der Waals surface area contributed by atoms with Gasteiger partial charge >= 0.3 is 0 Å². The SMILES string of the molecule is CC(C)CC1(CN2C[C@@H]3C[C@H]2CO3)CC1. The molecular formula is C13H23NO. The van der Waals surface area contributed by atoms with Crippen LogP contribution in [0, 0.1) is 11.3 Å². The molecular weight excluding hydrogens is 186 g/mol. The molecule has 2 heteroatoms. The van der Waals surface area contributed by atoms with Gasteiger partial charge < -0.3 is 4.74 Å². The molecule has 0 radical (unpaired) electrons. The van der Waals surface area contributed by atoms with Crippen molar-refractivity contribution in [1.82, 2.24) is 4.90 Å². The molecule has 0 spiro atoms. The molecule has 0 aromatic carbocycles. The summed E-state index contributed by atoms with van der Waals surface area (Å²) in [7, 11) is 0. The first-order valence-corrected chi connectivity index (χ1v) is 6.53. The van der Waals surface area contributed by atoms with Crippen LogP contribution in [0.3, 0.4) is 0 Å². The number of nitrogens with zero attached hydrogens (tertiary/aromatic N) is 1. The van der Waals surface area contributed by atoms with Crippen molar-refractivity contribution in [1.29, 1.82) is 0 Å². The van der Waals surface area contributed by atoms with Gasteiger partial charge in [0.25, 0.3) is 0 Å². The van der Waals surface area contributed by atoms with Gasteiger partial charge in [0.2, 0.25) is 0 Å². The van der Waals surface area contributed by atoms with Crippen molar-refractivity contribution >= 4 is 0 Å². The first-order chi connectivity index (χ1) is 7.17. The molecule has 0 N–H and O–H groups in total. The third-order valence-electron chi connectivity index (χ3n) is 4.35. The van der Waals surface area contributed by atoms with Crippen molar-refractivity contribution < 1.29 is 4.74 Å². The van der Waals surface area contributed by atoms with Crippen LogP contribution >= 0.6 is 0 Å². The fraction of sp³-hybridized carbons (Fsp3) is 1.00. The second kappa shape index (κ2) is 3.46. The zero-order valence-electron chi connectivity index (χ0n) is 10.0. The summed E-state index contributed by atoms with van der Waals surface area (Å²) < 4.78 is 5.66. The largest absolute Gasteiger partial charge is 0.375 e. The van der Waals surface area contributed by atoms with Crippen LogP contribution in [0.5, 0.6) is 0 Å². The lowest BCUT2D eigenvalue weighted by atomic mass is 9.93. The zero-order valence-corrected chi connectivity index (χ0v) is 10.0. The van der Waals surface area contributed by atoms with E-state index in [0.717, 1.165) is 18.6 Å². The van der Waals surface area contributed by atoms with Crippen LogP contribution in [0.4, 0.5) is 0 Å². The molecule has 1 saturated carbocycles. The van der Waals surface area contributed by atoms with E-state index in [9.17, 15) is 0 Å². The van der Waals surface area contributed by atoms with E-state index >= 15 is 0 Å². The Hall–Kier alpha value is -0.0800. The summed E-state index contributed by atoms with van der Waals surface area (Å²) in [5.41, 5.74) is 0.707.